The fourth-order valence-electron chi connectivity index (χ4n) is 1.31. The van der Waals surface area contributed by atoms with Crippen molar-refractivity contribution < 1.29 is 0 Å². The SMILES string of the molecule is CC1=C(C)C(C)=C(C)C(=N)C1=N. The highest BCUT2D eigenvalue weighted by atomic mass is 14.5. The van der Waals surface area contributed by atoms with Crippen molar-refractivity contribution in [2.24, 2.45) is 0 Å². The molecule has 0 aromatic rings. The third kappa shape index (κ3) is 1.04. The first kappa shape index (κ1) is 8.91. The van der Waals surface area contributed by atoms with E-state index in [1.807, 2.05) is 27.7 Å². The molecule has 2 heteroatoms. The summed E-state index contributed by atoms with van der Waals surface area (Å²) in [6.45, 7) is 7.83. The van der Waals surface area contributed by atoms with Gasteiger partial charge in [0.15, 0.2) is 0 Å². The van der Waals surface area contributed by atoms with E-state index in [2.05, 4.69) is 0 Å². The first-order valence-electron chi connectivity index (χ1n) is 4.00. The smallest absolute Gasteiger partial charge is 0.0823 e. The van der Waals surface area contributed by atoms with Crippen LogP contribution in [-0.4, -0.2) is 11.4 Å². The van der Waals surface area contributed by atoms with E-state index in [4.69, 9.17) is 10.8 Å². The Morgan fingerprint density at radius 2 is 0.833 bits per heavy atom. The molecule has 0 radical (unpaired) electrons. The maximum absolute atomic E-state index is 7.63. The van der Waals surface area contributed by atoms with Crippen LogP contribution in [0.2, 0.25) is 0 Å². The lowest BCUT2D eigenvalue weighted by molar-refractivity contribution is 1.22. The van der Waals surface area contributed by atoms with Gasteiger partial charge in [0.25, 0.3) is 0 Å². The molecule has 12 heavy (non-hydrogen) atoms. The zero-order valence-electron chi connectivity index (χ0n) is 8.00. The Balaban J connectivity index is 3.37. The van der Waals surface area contributed by atoms with Gasteiger partial charge >= 0.3 is 0 Å². The molecular formula is C10H14N2. The largest absolute Gasteiger partial charge is 0.298 e. The van der Waals surface area contributed by atoms with Gasteiger partial charge in [0, 0.05) is 0 Å². The molecule has 0 aromatic heterocycles. The van der Waals surface area contributed by atoms with E-state index in [0.29, 0.717) is 11.4 Å². The Morgan fingerprint density at radius 1 is 0.583 bits per heavy atom. The summed E-state index contributed by atoms with van der Waals surface area (Å²) in [5.74, 6) is 0. The summed E-state index contributed by atoms with van der Waals surface area (Å²) in [4.78, 5) is 0. The standard InChI is InChI=1S/C10H14N2/c1-5-6(2)8(4)10(12)9(11)7(5)3/h11-12H,1-4H3. The molecule has 0 atom stereocenters. The first-order valence-corrected chi connectivity index (χ1v) is 4.00. The van der Waals surface area contributed by atoms with Crippen molar-refractivity contribution in [2.45, 2.75) is 27.7 Å². The van der Waals surface area contributed by atoms with Crippen molar-refractivity contribution in [1.29, 1.82) is 10.8 Å². The summed E-state index contributed by atoms with van der Waals surface area (Å²) < 4.78 is 0. The van der Waals surface area contributed by atoms with Gasteiger partial charge in [-0.05, 0) is 50.0 Å². The predicted octanol–water partition coefficient (Wildman–Crippen LogP) is 2.71. The van der Waals surface area contributed by atoms with Crippen LogP contribution in [0.1, 0.15) is 27.7 Å². The van der Waals surface area contributed by atoms with E-state index in [0.717, 1.165) is 22.3 Å². The molecule has 0 bridgehead atoms. The van der Waals surface area contributed by atoms with E-state index < -0.39 is 0 Å². The zero-order valence-corrected chi connectivity index (χ0v) is 8.00. The minimum atomic E-state index is 0.371. The van der Waals surface area contributed by atoms with Crippen LogP contribution in [0.3, 0.4) is 0 Å². The molecule has 1 aliphatic rings. The first-order chi connectivity index (χ1) is 5.46. The van der Waals surface area contributed by atoms with Crippen LogP contribution in [0.15, 0.2) is 22.3 Å². The Kier molecular flexibility index (Phi) is 2.01. The zero-order chi connectivity index (χ0) is 9.46. The van der Waals surface area contributed by atoms with Gasteiger partial charge < -0.3 is 0 Å². The fraction of sp³-hybridized carbons (Fsp3) is 0.400. The van der Waals surface area contributed by atoms with Gasteiger partial charge in [-0.3, -0.25) is 10.8 Å². The second-order valence-corrected chi connectivity index (χ2v) is 3.25. The van der Waals surface area contributed by atoms with Crippen LogP contribution in [0.25, 0.3) is 0 Å². The number of rotatable bonds is 0. The second-order valence-electron chi connectivity index (χ2n) is 3.25. The molecule has 2 nitrogen and oxygen atoms in total. The third-order valence-corrected chi connectivity index (χ3v) is 2.69. The molecule has 0 aliphatic heterocycles. The molecule has 1 rings (SSSR count). The van der Waals surface area contributed by atoms with Crippen LogP contribution >= 0.6 is 0 Å². The summed E-state index contributed by atoms with van der Waals surface area (Å²) in [6, 6.07) is 0. The molecule has 0 fully saturated rings. The van der Waals surface area contributed by atoms with Gasteiger partial charge in [0.2, 0.25) is 0 Å². The van der Waals surface area contributed by atoms with Crippen LogP contribution < -0.4 is 0 Å². The van der Waals surface area contributed by atoms with Crippen molar-refractivity contribution in [1.82, 2.24) is 0 Å². The lowest BCUT2D eigenvalue weighted by atomic mass is 9.86. The molecule has 2 N–H and O–H groups in total. The van der Waals surface area contributed by atoms with Crippen molar-refractivity contribution >= 4 is 11.4 Å². The van der Waals surface area contributed by atoms with Gasteiger partial charge in [-0.1, -0.05) is 0 Å². The quantitative estimate of drug-likeness (QED) is 0.514. The van der Waals surface area contributed by atoms with E-state index in [1.165, 1.54) is 0 Å². The average molecular weight is 162 g/mol. The molecule has 0 saturated heterocycles. The third-order valence-electron chi connectivity index (χ3n) is 2.69. The highest BCUT2D eigenvalue weighted by Crippen LogP contribution is 2.24. The van der Waals surface area contributed by atoms with Gasteiger partial charge in [0.05, 0.1) is 11.4 Å². The van der Waals surface area contributed by atoms with E-state index >= 15 is 0 Å². The lowest BCUT2D eigenvalue weighted by Gasteiger charge is -2.19. The monoisotopic (exact) mass is 162 g/mol. The molecule has 64 valence electrons. The molecule has 1 aliphatic carbocycles. The number of allylic oxidation sites excluding steroid dienone is 4. The lowest BCUT2D eigenvalue weighted by Crippen LogP contribution is -2.21. The molecule has 0 aromatic carbocycles. The normalized spacial score (nSPS) is 19.3. The van der Waals surface area contributed by atoms with Gasteiger partial charge in [-0.25, -0.2) is 0 Å². The van der Waals surface area contributed by atoms with Crippen molar-refractivity contribution in [3.8, 4) is 0 Å². The topological polar surface area (TPSA) is 47.7 Å². The molecule has 0 spiro atoms. The summed E-state index contributed by atoms with van der Waals surface area (Å²) in [6.07, 6.45) is 0. The molecule has 0 heterocycles. The maximum atomic E-state index is 7.63. The van der Waals surface area contributed by atoms with E-state index in [1.54, 1.807) is 0 Å². The van der Waals surface area contributed by atoms with Gasteiger partial charge in [0.1, 0.15) is 0 Å². The summed E-state index contributed by atoms with van der Waals surface area (Å²) >= 11 is 0. The maximum Gasteiger partial charge on any atom is 0.0823 e. The summed E-state index contributed by atoms with van der Waals surface area (Å²) in [7, 11) is 0. The highest BCUT2D eigenvalue weighted by Gasteiger charge is 2.19. The van der Waals surface area contributed by atoms with Crippen molar-refractivity contribution in [3.63, 3.8) is 0 Å². The predicted molar refractivity (Wildman–Crippen MR) is 52.2 cm³/mol. The van der Waals surface area contributed by atoms with Gasteiger partial charge in [-0.15, -0.1) is 0 Å². The van der Waals surface area contributed by atoms with Crippen LogP contribution in [-0.2, 0) is 0 Å². The minimum Gasteiger partial charge on any atom is -0.298 e. The molecule has 0 amide bonds. The van der Waals surface area contributed by atoms with Crippen molar-refractivity contribution in [2.75, 3.05) is 0 Å². The number of nitrogens with one attached hydrogen (secondary N) is 2. The Labute approximate surface area is 73.0 Å². The highest BCUT2D eigenvalue weighted by molar-refractivity contribution is 6.52. The van der Waals surface area contributed by atoms with Crippen molar-refractivity contribution in [3.05, 3.63) is 22.3 Å². The van der Waals surface area contributed by atoms with Crippen LogP contribution in [0.4, 0.5) is 0 Å². The Bertz CT molecular complexity index is 281. The minimum absolute atomic E-state index is 0.371. The molecule has 0 unspecified atom stereocenters. The summed E-state index contributed by atoms with van der Waals surface area (Å²) in [5, 5.41) is 15.3. The van der Waals surface area contributed by atoms with E-state index in [-0.39, 0.29) is 0 Å². The fourth-order valence-corrected chi connectivity index (χ4v) is 1.31. The summed E-state index contributed by atoms with van der Waals surface area (Å²) in [5.41, 5.74) is 4.90. The molecular weight excluding hydrogens is 148 g/mol. The second kappa shape index (κ2) is 2.70. The average Bonchev–Trinajstić information content (AvgIpc) is 2.08. The van der Waals surface area contributed by atoms with Gasteiger partial charge in [-0.2, -0.15) is 0 Å². The van der Waals surface area contributed by atoms with Crippen LogP contribution in [0.5, 0.6) is 0 Å². The number of hydrogen-bond donors (Lipinski definition) is 2. The molecule has 0 saturated carbocycles. The Hall–Kier alpha value is -1.18. The Morgan fingerprint density at radius 3 is 1.08 bits per heavy atom. The van der Waals surface area contributed by atoms with E-state index in [9.17, 15) is 0 Å². The van der Waals surface area contributed by atoms with Crippen LogP contribution in [0, 0.1) is 10.8 Å². The number of hydrogen-bond acceptors (Lipinski definition) is 2.